The zero-order valence-corrected chi connectivity index (χ0v) is 14.4. The van der Waals surface area contributed by atoms with Gasteiger partial charge in [-0.05, 0) is 30.7 Å². The molecule has 0 spiro atoms. The Morgan fingerprint density at radius 3 is 2.69 bits per heavy atom. The van der Waals surface area contributed by atoms with Crippen molar-refractivity contribution in [2.75, 3.05) is 7.11 Å². The van der Waals surface area contributed by atoms with E-state index in [0.29, 0.717) is 22.4 Å². The molecular formula is C20H16N2O4. The van der Waals surface area contributed by atoms with Crippen LogP contribution >= 0.6 is 0 Å². The van der Waals surface area contributed by atoms with Gasteiger partial charge in [0.2, 0.25) is 0 Å². The lowest BCUT2D eigenvalue weighted by molar-refractivity contribution is 0.0598. The Balaban J connectivity index is 1.97. The zero-order valence-electron chi connectivity index (χ0n) is 14.4. The smallest absolute Gasteiger partial charge is 0.420 e. The minimum Gasteiger partial charge on any atom is -0.465 e. The Bertz CT molecular complexity index is 1200. The number of methoxy groups -OCH3 is 1. The molecule has 4 aromatic rings. The first-order valence-electron chi connectivity index (χ1n) is 8.15. The monoisotopic (exact) mass is 348 g/mol. The van der Waals surface area contributed by atoms with Crippen molar-refractivity contribution in [2.24, 2.45) is 0 Å². The van der Waals surface area contributed by atoms with Crippen molar-refractivity contribution >= 4 is 28.0 Å². The fourth-order valence-electron chi connectivity index (χ4n) is 3.24. The van der Waals surface area contributed by atoms with Crippen LogP contribution in [0.3, 0.4) is 0 Å². The van der Waals surface area contributed by atoms with Gasteiger partial charge in [0.15, 0.2) is 5.58 Å². The molecule has 0 saturated carbocycles. The molecule has 2 aromatic heterocycles. The number of ether oxygens (including phenoxy) is 1. The Morgan fingerprint density at radius 1 is 1.15 bits per heavy atom. The first-order chi connectivity index (χ1) is 12.6. The van der Waals surface area contributed by atoms with Crippen LogP contribution < -0.4 is 5.76 Å². The number of carbonyl (C=O) groups is 1. The molecule has 2 heterocycles. The van der Waals surface area contributed by atoms with Crippen molar-refractivity contribution in [3.63, 3.8) is 0 Å². The van der Waals surface area contributed by atoms with E-state index >= 15 is 0 Å². The quantitative estimate of drug-likeness (QED) is 0.531. The molecule has 4 rings (SSSR count). The topological polar surface area (TPSA) is 74.3 Å². The van der Waals surface area contributed by atoms with Gasteiger partial charge >= 0.3 is 11.7 Å². The largest absolute Gasteiger partial charge is 0.465 e. The molecule has 0 saturated heterocycles. The van der Waals surface area contributed by atoms with E-state index in [1.165, 1.54) is 11.7 Å². The van der Waals surface area contributed by atoms with Gasteiger partial charge in [0.25, 0.3) is 0 Å². The second-order valence-electron chi connectivity index (χ2n) is 5.99. The summed E-state index contributed by atoms with van der Waals surface area (Å²) in [4.78, 5) is 29.3. The summed E-state index contributed by atoms with van der Waals surface area (Å²) in [6.07, 6.45) is 0. The molecule has 0 aliphatic heterocycles. The number of pyridine rings is 1. The number of hydrogen-bond donors (Lipinski definition) is 0. The van der Waals surface area contributed by atoms with Crippen LogP contribution in [-0.4, -0.2) is 22.6 Å². The molecule has 26 heavy (non-hydrogen) atoms. The van der Waals surface area contributed by atoms with Crippen LogP contribution in [0.5, 0.6) is 0 Å². The SMILES string of the molecule is COC(=O)c1c(Cn2c(=O)oc3ccccc32)nc2ccccc2c1C. The summed E-state index contributed by atoms with van der Waals surface area (Å²) in [5.41, 5.74) is 3.53. The molecule has 6 heteroatoms. The van der Waals surface area contributed by atoms with Crippen molar-refractivity contribution < 1.29 is 13.9 Å². The summed E-state index contributed by atoms with van der Waals surface area (Å²) in [6.45, 7) is 1.97. The number of fused-ring (bicyclic) bond motifs is 2. The molecule has 0 bridgehead atoms. The average molecular weight is 348 g/mol. The normalized spacial score (nSPS) is 11.2. The third-order valence-corrected chi connectivity index (χ3v) is 4.50. The van der Waals surface area contributed by atoms with E-state index < -0.39 is 11.7 Å². The molecule has 0 aliphatic carbocycles. The molecule has 0 aliphatic rings. The van der Waals surface area contributed by atoms with E-state index in [-0.39, 0.29) is 6.54 Å². The van der Waals surface area contributed by atoms with Crippen molar-refractivity contribution in [1.29, 1.82) is 0 Å². The maximum atomic E-state index is 12.4. The number of para-hydroxylation sites is 3. The van der Waals surface area contributed by atoms with Crippen LogP contribution in [0.2, 0.25) is 0 Å². The van der Waals surface area contributed by atoms with E-state index in [4.69, 9.17) is 9.15 Å². The highest BCUT2D eigenvalue weighted by atomic mass is 16.5. The minimum absolute atomic E-state index is 0.117. The molecule has 0 amide bonds. The maximum absolute atomic E-state index is 12.4. The summed E-state index contributed by atoms with van der Waals surface area (Å²) in [5, 5.41) is 0.876. The molecule has 0 radical (unpaired) electrons. The van der Waals surface area contributed by atoms with Crippen LogP contribution in [0.15, 0.2) is 57.7 Å². The molecule has 6 nitrogen and oxygen atoms in total. The fraction of sp³-hybridized carbons (Fsp3) is 0.150. The molecule has 0 unspecified atom stereocenters. The van der Waals surface area contributed by atoms with E-state index in [2.05, 4.69) is 4.98 Å². The number of aromatic nitrogens is 2. The van der Waals surface area contributed by atoms with Crippen LogP contribution in [0.25, 0.3) is 22.0 Å². The van der Waals surface area contributed by atoms with Gasteiger partial charge in [-0.3, -0.25) is 4.57 Å². The fourth-order valence-corrected chi connectivity index (χ4v) is 3.24. The Morgan fingerprint density at radius 2 is 1.88 bits per heavy atom. The van der Waals surface area contributed by atoms with Gasteiger partial charge in [-0.2, -0.15) is 0 Å². The first kappa shape index (κ1) is 16.1. The second-order valence-corrected chi connectivity index (χ2v) is 5.99. The van der Waals surface area contributed by atoms with Crippen LogP contribution in [0.4, 0.5) is 0 Å². The van der Waals surface area contributed by atoms with Crippen LogP contribution in [-0.2, 0) is 11.3 Å². The Labute approximate surface area is 148 Å². The minimum atomic E-state index is -0.491. The molecule has 0 atom stereocenters. The van der Waals surface area contributed by atoms with Gasteiger partial charge in [0, 0.05) is 5.39 Å². The van der Waals surface area contributed by atoms with Gasteiger partial charge in [-0.25, -0.2) is 14.6 Å². The number of aryl methyl sites for hydroxylation is 1. The predicted molar refractivity (Wildman–Crippen MR) is 97.4 cm³/mol. The number of carbonyl (C=O) groups excluding carboxylic acids is 1. The van der Waals surface area contributed by atoms with Crippen molar-refractivity contribution in [3.05, 3.63) is 75.9 Å². The lowest BCUT2D eigenvalue weighted by atomic mass is 10.0. The van der Waals surface area contributed by atoms with Gasteiger partial charge in [0.1, 0.15) is 0 Å². The van der Waals surface area contributed by atoms with Gasteiger partial charge < -0.3 is 9.15 Å². The van der Waals surface area contributed by atoms with E-state index in [1.807, 2.05) is 37.3 Å². The summed E-state index contributed by atoms with van der Waals surface area (Å²) < 4.78 is 11.7. The molecule has 130 valence electrons. The number of rotatable bonds is 3. The lowest BCUT2D eigenvalue weighted by Crippen LogP contribution is -2.19. The number of oxazole rings is 1. The Kier molecular flexibility index (Phi) is 3.80. The standard InChI is InChI=1S/C20H16N2O4/c1-12-13-7-3-4-8-14(13)21-15(18(12)19(23)25-2)11-22-16-9-5-6-10-17(16)26-20(22)24/h3-10H,11H2,1-2H3. The van der Waals surface area contributed by atoms with E-state index in [0.717, 1.165) is 16.5 Å². The van der Waals surface area contributed by atoms with Crippen LogP contribution in [0, 0.1) is 6.92 Å². The molecule has 2 aromatic carbocycles. The van der Waals surface area contributed by atoms with Gasteiger partial charge in [0.05, 0.1) is 35.9 Å². The number of esters is 1. The van der Waals surface area contributed by atoms with Crippen LogP contribution in [0.1, 0.15) is 21.6 Å². The average Bonchev–Trinajstić information content (AvgIpc) is 2.97. The molecule has 0 N–H and O–H groups in total. The molecule has 0 fully saturated rings. The number of nitrogens with zero attached hydrogens (tertiary/aromatic N) is 2. The highest BCUT2D eigenvalue weighted by molar-refractivity contribution is 5.98. The third-order valence-electron chi connectivity index (χ3n) is 4.50. The maximum Gasteiger partial charge on any atom is 0.420 e. The van der Waals surface area contributed by atoms with Gasteiger partial charge in [-0.15, -0.1) is 0 Å². The lowest BCUT2D eigenvalue weighted by Gasteiger charge is -2.13. The highest BCUT2D eigenvalue weighted by Gasteiger charge is 2.21. The van der Waals surface area contributed by atoms with Crippen molar-refractivity contribution in [2.45, 2.75) is 13.5 Å². The zero-order chi connectivity index (χ0) is 18.3. The predicted octanol–water partition coefficient (Wildman–Crippen LogP) is 3.29. The van der Waals surface area contributed by atoms with Gasteiger partial charge in [-0.1, -0.05) is 30.3 Å². The number of benzene rings is 2. The second kappa shape index (κ2) is 6.15. The number of hydrogen-bond acceptors (Lipinski definition) is 5. The third kappa shape index (κ3) is 2.47. The van der Waals surface area contributed by atoms with E-state index in [1.54, 1.807) is 18.2 Å². The summed E-state index contributed by atoms with van der Waals surface area (Å²) >= 11 is 0. The summed E-state index contributed by atoms with van der Waals surface area (Å²) in [7, 11) is 1.33. The summed E-state index contributed by atoms with van der Waals surface area (Å²) in [5.74, 6) is -0.966. The van der Waals surface area contributed by atoms with Crippen molar-refractivity contribution in [1.82, 2.24) is 9.55 Å². The Hall–Kier alpha value is -3.41. The van der Waals surface area contributed by atoms with E-state index in [9.17, 15) is 9.59 Å². The highest BCUT2D eigenvalue weighted by Crippen LogP contribution is 2.25. The van der Waals surface area contributed by atoms with Crippen molar-refractivity contribution in [3.8, 4) is 0 Å². The first-order valence-corrected chi connectivity index (χ1v) is 8.15. The summed E-state index contributed by atoms with van der Waals surface area (Å²) in [6, 6.07) is 14.7. The molecular weight excluding hydrogens is 332 g/mol.